The standard InChI is InChI=1S/C31H26F3N7O2.C6H6O3S/c1-20-27(26-12-15-36-41(26)24-10-8-21(19-35)9-11-24)40(28(42)37-30(2,3)22-13-16-38(4)17-14-22)29(43)39(20)25-7-5-6-23(18-25)31(32,33)34;7-10(8,9)6-4-2-1-3-5-6/h5-18H,1-4H3;1-5H,(H,7,8,9). The molecule has 0 atom stereocenters. The van der Waals surface area contributed by atoms with Crippen molar-refractivity contribution >= 4 is 16.1 Å². The van der Waals surface area contributed by atoms with Crippen molar-refractivity contribution in [2.24, 2.45) is 7.05 Å². The molecule has 0 aliphatic heterocycles. The molecule has 12 nitrogen and oxygen atoms in total. The van der Waals surface area contributed by atoms with Crippen LogP contribution in [0.15, 0.2) is 125 Å². The van der Waals surface area contributed by atoms with Crippen LogP contribution in [0.3, 0.4) is 0 Å². The molecule has 3 aromatic carbocycles. The van der Waals surface area contributed by atoms with Gasteiger partial charge in [0.15, 0.2) is 12.4 Å². The topological polar surface area (TPSA) is 159 Å². The molecule has 6 rings (SSSR count). The summed E-state index contributed by atoms with van der Waals surface area (Å²) >= 11 is 0. The van der Waals surface area contributed by atoms with Crippen molar-refractivity contribution in [2.75, 3.05) is 0 Å². The zero-order valence-electron chi connectivity index (χ0n) is 28.7. The van der Waals surface area contributed by atoms with E-state index in [-0.39, 0.29) is 22.0 Å². The Bertz CT molecular complexity index is 2480. The molecule has 0 aliphatic rings. The fourth-order valence-electron chi connectivity index (χ4n) is 5.49. The number of carbonyl (C=O) groups is 1. The number of nitrogens with zero attached hydrogens (tertiary/aromatic N) is 6. The van der Waals surface area contributed by atoms with Crippen LogP contribution in [0.2, 0.25) is 0 Å². The molecule has 0 aliphatic carbocycles. The van der Waals surface area contributed by atoms with Crippen LogP contribution in [0.5, 0.6) is 0 Å². The van der Waals surface area contributed by atoms with Crippen molar-refractivity contribution in [3.8, 4) is 28.8 Å². The third kappa shape index (κ3) is 8.27. The van der Waals surface area contributed by atoms with Gasteiger partial charge < -0.3 is 9.87 Å². The van der Waals surface area contributed by atoms with Crippen LogP contribution in [0, 0.1) is 18.3 Å². The Morgan fingerprint density at radius 3 is 2.11 bits per heavy atom. The Kier molecular flexibility index (Phi) is 10.5. The van der Waals surface area contributed by atoms with E-state index in [4.69, 9.17) is 0 Å². The van der Waals surface area contributed by atoms with Crippen molar-refractivity contribution in [1.82, 2.24) is 24.2 Å². The average molecular weight is 744 g/mol. The number of hydrogen-bond donors (Lipinski definition) is 1. The number of aryl methyl sites for hydroxylation is 1. The molecule has 3 aromatic heterocycles. The largest absolute Gasteiger partial charge is 0.744 e. The lowest BCUT2D eigenvalue weighted by Gasteiger charge is -2.26. The quantitative estimate of drug-likeness (QED) is 0.172. The predicted molar refractivity (Wildman–Crippen MR) is 186 cm³/mol. The van der Waals surface area contributed by atoms with E-state index in [9.17, 15) is 41.0 Å². The Labute approximate surface area is 302 Å². The zero-order chi connectivity index (χ0) is 38.7. The van der Waals surface area contributed by atoms with Crippen LogP contribution in [0.25, 0.3) is 22.8 Å². The van der Waals surface area contributed by atoms with Crippen LogP contribution in [-0.4, -0.2) is 37.9 Å². The van der Waals surface area contributed by atoms with Gasteiger partial charge in [-0.2, -0.15) is 23.5 Å². The molecule has 53 heavy (non-hydrogen) atoms. The lowest BCUT2D eigenvalue weighted by molar-refractivity contribution is -0.671. The zero-order valence-corrected chi connectivity index (χ0v) is 29.6. The van der Waals surface area contributed by atoms with E-state index in [0.29, 0.717) is 16.9 Å². The fourth-order valence-corrected chi connectivity index (χ4v) is 5.98. The summed E-state index contributed by atoms with van der Waals surface area (Å²) in [4.78, 5) is 27.8. The van der Waals surface area contributed by atoms with Crippen LogP contribution in [-0.2, 0) is 28.9 Å². The summed E-state index contributed by atoms with van der Waals surface area (Å²) in [6.45, 7) is 5.12. The molecule has 0 radical (unpaired) electrons. The summed E-state index contributed by atoms with van der Waals surface area (Å²) in [6.07, 6.45) is 0.493. The molecule has 0 fully saturated rings. The van der Waals surface area contributed by atoms with E-state index in [1.54, 1.807) is 57.2 Å². The summed E-state index contributed by atoms with van der Waals surface area (Å²) in [5.74, 6) is 0. The molecule has 0 spiro atoms. The highest BCUT2D eigenvalue weighted by Crippen LogP contribution is 2.32. The minimum absolute atomic E-state index is 0.0515. The number of benzene rings is 3. The summed E-state index contributed by atoms with van der Waals surface area (Å²) in [5, 5.41) is 16.5. The molecule has 0 saturated heterocycles. The van der Waals surface area contributed by atoms with Gasteiger partial charge in [0.25, 0.3) is 0 Å². The van der Waals surface area contributed by atoms with E-state index in [1.165, 1.54) is 47.3 Å². The minimum Gasteiger partial charge on any atom is -0.744 e. The predicted octanol–water partition coefficient (Wildman–Crippen LogP) is 5.60. The van der Waals surface area contributed by atoms with Gasteiger partial charge in [0.1, 0.15) is 22.9 Å². The maximum absolute atomic E-state index is 14.0. The number of carbonyl (C=O) groups excluding carboxylic acids is 1. The number of imidazole rings is 1. The molecule has 1 N–H and O–H groups in total. The molecular formula is C37H32F3N7O5S. The van der Waals surface area contributed by atoms with Gasteiger partial charge in [-0.25, -0.2) is 31.8 Å². The minimum atomic E-state index is -4.64. The number of rotatable bonds is 6. The first-order chi connectivity index (χ1) is 24.9. The average Bonchev–Trinajstić information content (AvgIpc) is 3.69. The molecule has 3 heterocycles. The highest BCUT2D eigenvalue weighted by atomic mass is 32.2. The number of nitrogens with one attached hydrogen (secondary N) is 1. The maximum atomic E-state index is 14.0. The molecule has 272 valence electrons. The Hall–Kier alpha value is -6.31. The van der Waals surface area contributed by atoms with Crippen molar-refractivity contribution in [2.45, 2.75) is 37.4 Å². The van der Waals surface area contributed by atoms with Gasteiger partial charge in [-0.1, -0.05) is 24.3 Å². The second kappa shape index (κ2) is 14.7. The third-order valence-electron chi connectivity index (χ3n) is 8.20. The van der Waals surface area contributed by atoms with Crippen molar-refractivity contribution in [3.05, 3.63) is 149 Å². The first-order valence-corrected chi connectivity index (χ1v) is 17.2. The van der Waals surface area contributed by atoms with E-state index in [0.717, 1.165) is 26.8 Å². The second-order valence-electron chi connectivity index (χ2n) is 12.3. The van der Waals surface area contributed by atoms with Crippen LogP contribution < -0.4 is 15.6 Å². The van der Waals surface area contributed by atoms with E-state index in [2.05, 4.69) is 10.4 Å². The van der Waals surface area contributed by atoms with Gasteiger partial charge in [0.05, 0.1) is 56.6 Å². The molecule has 0 saturated carbocycles. The lowest BCUT2D eigenvalue weighted by atomic mass is 9.95. The van der Waals surface area contributed by atoms with E-state index >= 15 is 0 Å². The van der Waals surface area contributed by atoms with Crippen LogP contribution in [0.1, 0.15) is 36.2 Å². The molecule has 16 heteroatoms. The summed E-state index contributed by atoms with van der Waals surface area (Å²) in [5.41, 5.74) is -0.333. The Balaban J connectivity index is 0.000000469. The SMILES string of the molecule is Cc1c(-c2ccnn2-c2ccc(C#N)cc2)n(C(=O)NC(C)(C)c2cc[n+](C)cc2)c(=O)n1-c1cccc(C(F)(F)F)c1.O=S(=O)([O-])c1ccccc1. The van der Waals surface area contributed by atoms with Gasteiger partial charge in [-0.3, -0.25) is 4.57 Å². The number of amides is 1. The van der Waals surface area contributed by atoms with Crippen molar-refractivity contribution in [1.29, 1.82) is 5.26 Å². The molecular weight excluding hydrogens is 712 g/mol. The highest BCUT2D eigenvalue weighted by Gasteiger charge is 2.33. The fraction of sp³-hybridized carbons (Fsp3) is 0.162. The first kappa shape index (κ1) is 37.9. The van der Waals surface area contributed by atoms with E-state index < -0.39 is 39.1 Å². The first-order valence-electron chi connectivity index (χ1n) is 15.8. The van der Waals surface area contributed by atoms with Gasteiger partial charge in [-0.05, 0) is 87.0 Å². The number of alkyl halides is 3. The van der Waals surface area contributed by atoms with Gasteiger partial charge in [0, 0.05) is 12.1 Å². The maximum Gasteiger partial charge on any atom is 0.416 e. The lowest BCUT2D eigenvalue weighted by Crippen LogP contribution is -2.46. The third-order valence-corrected chi connectivity index (χ3v) is 9.05. The summed E-state index contributed by atoms with van der Waals surface area (Å²) in [7, 11) is -2.39. The number of aromatic nitrogens is 5. The Morgan fingerprint density at radius 1 is 0.906 bits per heavy atom. The van der Waals surface area contributed by atoms with Crippen LogP contribution in [0.4, 0.5) is 18.0 Å². The Morgan fingerprint density at radius 2 is 1.55 bits per heavy atom. The van der Waals surface area contributed by atoms with Crippen LogP contribution >= 0.6 is 0 Å². The monoisotopic (exact) mass is 743 g/mol. The van der Waals surface area contributed by atoms with E-state index in [1.807, 2.05) is 42.2 Å². The molecule has 0 bridgehead atoms. The molecule has 1 amide bonds. The summed E-state index contributed by atoms with van der Waals surface area (Å²) < 4.78 is 76.9. The number of pyridine rings is 1. The number of hydrogen-bond acceptors (Lipinski definition) is 7. The normalized spacial score (nSPS) is 11.7. The van der Waals surface area contributed by atoms with Crippen molar-refractivity contribution in [3.63, 3.8) is 0 Å². The van der Waals surface area contributed by atoms with Gasteiger partial charge >= 0.3 is 17.9 Å². The molecule has 0 unspecified atom stereocenters. The van der Waals surface area contributed by atoms with Gasteiger partial charge in [0.2, 0.25) is 0 Å². The van der Waals surface area contributed by atoms with Crippen molar-refractivity contribution < 1.29 is 35.5 Å². The summed E-state index contributed by atoms with van der Waals surface area (Å²) in [6, 6.07) is 24.6. The highest BCUT2D eigenvalue weighted by molar-refractivity contribution is 7.85. The second-order valence-corrected chi connectivity index (χ2v) is 13.7. The number of halogens is 3. The number of nitriles is 1. The molecule has 6 aromatic rings. The smallest absolute Gasteiger partial charge is 0.416 e. The van der Waals surface area contributed by atoms with Gasteiger partial charge in [-0.15, -0.1) is 0 Å².